The molecule has 0 amide bonds. The van der Waals surface area contributed by atoms with Gasteiger partial charge in [-0.05, 0) is 43.5 Å². The van der Waals surface area contributed by atoms with E-state index in [1.807, 2.05) is 6.92 Å². The van der Waals surface area contributed by atoms with Gasteiger partial charge in [-0.15, -0.1) is 0 Å². The van der Waals surface area contributed by atoms with Crippen molar-refractivity contribution in [2.75, 3.05) is 6.54 Å². The van der Waals surface area contributed by atoms with Crippen molar-refractivity contribution in [1.82, 2.24) is 4.90 Å². The minimum Gasteiger partial charge on any atom is -0.480 e. The normalized spacial score (nSPS) is 25.0. The van der Waals surface area contributed by atoms with E-state index < -0.39 is 23.8 Å². The van der Waals surface area contributed by atoms with E-state index in [9.17, 15) is 23.1 Å². The Morgan fingerprint density at radius 2 is 2.10 bits per heavy atom. The molecule has 1 aliphatic heterocycles. The average Bonchev–Trinajstić information content (AvgIpc) is 2.79. The maximum Gasteiger partial charge on any atom is 0.416 e. The summed E-state index contributed by atoms with van der Waals surface area (Å²) in [7, 11) is 0. The van der Waals surface area contributed by atoms with Crippen molar-refractivity contribution < 1.29 is 23.1 Å². The van der Waals surface area contributed by atoms with Gasteiger partial charge in [-0.3, -0.25) is 9.69 Å². The minimum absolute atomic E-state index is 0.00394. The van der Waals surface area contributed by atoms with Gasteiger partial charge in [0.2, 0.25) is 0 Å². The smallest absolute Gasteiger partial charge is 0.416 e. The first-order chi connectivity index (χ1) is 9.71. The molecule has 1 N–H and O–H groups in total. The third-order valence-electron chi connectivity index (χ3n) is 4.19. The van der Waals surface area contributed by atoms with E-state index in [1.54, 1.807) is 17.9 Å². The van der Waals surface area contributed by atoms with Crippen molar-refractivity contribution in [1.29, 1.82) is 0 Å². The molecule has 1 aromatic carbocycles. The Labute approximate surface area is 121 Å². The summed E-state index contributed by atoms with van der Waals surface area (Å²) < 4.78 is 38.3. The molecule has 0 bridgehead atoms. The zero-order chi connectivity index (χ0) is 15.8. The van der Waals surface area contributed by atoms with Gasteiger partial charge in [0.1, 0.15) is 6.04 Å². The monoisotopic (exact) mass is 301 g/mol. The van der Waals surface area contributed by atoms with Crippen LogP contribution in [0, 0.1) is 5.92 Å². The number of rotatable bonds is 3. The van der Waals surface area contributed by atoms with E-state index in [0.717, 1.165) is 18.6 Å². The van der Waals surface area contributed by atoms with Crippen LogP contribution in [-0.2, 0) is 11.0 Å². The molecule has 2 rings (SSSR count). The van der Waals surface area contributed by atoms with Crippen molar-refractivity contribution in [2.45, 2.75) is 38.5 Å². The number of carboxylic acid groups (broad SMARTS) is 1. The fraction of sp³-hybridized carbons (Fsp3) is 0.533. The van der Waals surface area contributed by atoms with Gasteiger partial charge in [-0.1, -0.05) is 19.1 Å². The van der Waals surface area contributed by atoms with Crippen LogP contribution in [0.4, 0.5) is 13.2 Å². The summed E-state index contributed by atoms with van der Waals surface area (Å²) in [6, 6.07) is 4.10. The van der Waals surface area contributed by atoms with Gasteiger partial charge in [0.15, 0.2) is 0 Å². The molecule has 116 valence electrons. The molecule has 3 unspecified atom stereocenters. The third kappa shape index (κ3) is 3.20. The van der Waals surface area contributed by atoms with Crippen LogP contribution in [0.25, 0.3) is 0 Å². The summed E-state index contributed by atoms with van der Waals surface area (Å²) in [6.45, 7) is 4.19. The molecule has 1 aromatic rings. The number of benzene rings is 1. The number of hydrogen-bond donors (Lipinski definition) is 1. The number of aliphatic carboxylic acids is 1. The van der Waals surface area contributed by atoms with Crippen molar-refractivity contribution in [3.63, 3.8) is 0 Å². The largest absolute Gasteiger partial charge is 0.480 e. The molecule has 21 heavy (non-hydrogen) atoms. The molecule has 3 nitrogen and oxygen atoms in total. The van der Waals surface area contributed by atoms with Crippen molar-refractivity contribution in [3.8, 4) is 0 Å². The lowest BCUT2D eigenvalue weighted by molar-refractivity contribution is -0.144. The van der Waals surface area contributed by atoms with Gasteiger partial charge in [0, 0.05) is 6.04 Å². The number of carboxylic acids is 1. The topological polar surface area (TPSA) is 40.5 Å². The zero-order valence-corrected chi connectivity index (χ0v) is 11.9. The van der Waals surface area contributed by atoms with Crippen LogP contribution in [0.3, 0.4) is 0 Å². The quantitative estimate of drug-likeness (QED) is 0.928. The number of halogens is 3. The van der Waals surface area contributed by atoms with Crippen LogP contribution in [-0.4, -0.2) is 28.6 Å². The SMILES string of the molecule is CC1CCN(C(C)c2cccc(C(F)(F)F)c2)C1C(=O)O. The first-order valence-electron chi connectivity index (χ1n) is 6.87. The summed E-state index contributed by atoms with van der Waals surface area (Å²) in [4.78, 5) is 13.1. The molecule has 0 radical (unpaired) electrons. The Kier molecular flexibility index (Phi) is 4.27. The number of hydrogen-bond acceptors (Lipinski definition) is 2. The number of likely N-dealkylation sites (tertiary alicyclic amines) is 1. The van der Waals surface area contributed by atoms with Crippen LogP contribution in [0.5, 0.6) is 0 Å². The van der Waals surface area contributed by atoms with Gasteiger partial charge >= 0.3 is 12.1 Å². The highest BCUT2D eigenvalue weighted by Gasteiger charge is 2.40. The fourth-order valence-corrected chi connectivity index (χ4v) is 2.96. The molecule has 0 aliphatic carbocycles. The van der Waals surface area contributed by atoms with Crippen LogP contribution in [0.1, 0.15) is 37.4 Å². The fourth-order valence-electron chi connectivity index (χ4n) is 2.96. The molecule has 1 aliphatic rings. The first kappa shape index (κ1) is 15.8. The highest BCUT2D eigenvalue weighted by Crippen LogP contribution is 2.35. The summed E-state index contributed by atoms with van der Waals surface area (Å²) in [6.07, 6.45) is -3.65. The summed E-state index contributed by atoms with van der Waals surface area (Å²) >= 11 is 0. The second kappa shape index (κ2) is 5.67. The standard InChI is InChI=1S/C15H18F3NO2/c1-9-6-7-19(13(9)14(20)21)10(2)11-4-3-5-12(8-11)15(16,17)18/h3-5,8-10,13H,6-7H2,1-2H3,(H,20,21). The lowest BCUT2D eigenvalue weighted by atomic mass is 10.00. The second-order valence-electron chi connectivity index (χ2n) is 5.59. The number of carbonyl (C=O) groups is 1. The van der Waals surface area contributed by atoms with Crippen molar-refractivity contribution in [2.24, 2.45) is 5.92 Å². The van der Waals surface area contributed by atoms with E-state index in [4.69, 9.17) is 0 Å². The molecule has 1 heterocycles. The second-order valence-corrected chi connectivity index (χ2v) is 5.59. The lowest BCUT2D eigenvalue weighted by Crippen LogP contribution is -2.40. The minimum atomic E-state index is -4.39. The van der Waals surface area contributed by atoms with Gasteiger partial charge in [0.25, 0.3) is 0 Å². The lowest BCUT2D eigenvalue weighted by Gasteiger charge is -2.30. The predicted molar refractivity (Wildman–Crippen MR) is 71.8 cm³/mol. The molecule has 3 atom stereocenters. The van der Waals surface area contributed by atoms with Gasteiger partial charge in [0.05, 0.1) is 5.56 Å². The van der Waals surface area contributed by atoms with E-state index in [0.29, 0.717) is 12.1 Å². The molecular weight excluding hydrogens is 283 g/mol. The molecule has 0 aromatic heterocycles. The summed E-state index contributed by atoms with van der Waals surface area (Å²) in [5.41, 5.74) is -0.212. The van der Waals surface area contributed by atoms with Crippen LogP contribution < -0.4 is 0 Å². The molecular formula is C15H18F3NO2. The number of alkyl halides is 3. The third-order valence-corrected chi connectivity index (χ3v) is 4.19. The van der Waals surface area contributed by atoms with Crippen LogP contribution in [0.2, 0.25) is 0 Å². The van der Waals surface area contributed by atoms with Gasteiger partial charge < -0.3 is 5.11 Å². The van der Waals surface area contributed by atoms with Gasteiger partial charge in [-0.25, -0.2) is 0 Å². The highest BCUT2D eigenvalue weighted by molar-refractivity contribution is 5.74. The molecule has 0 saturated carbocycles. The Morgan fingerprint density at radius 1 is 1.43 bits per heavy atom. The Hall–Kier alpha value is -1.56. The molecule has 1 fully saturated rings. The predicted octanol–water partition coefficient (Wildman–Crippen LogP) is 3.56. The summed E-state index contributed by atoms with van der Waals surface area (Å²) in [5, 5.41) is 9.31. The van der Waals surface area contributed by atoms with Crippen LogP contribution >= 0.6 is 0 Å². The van der Waals surface area contributed by atoms with Crippen molar-refractivity contribution in [3.05, 3.63) is 35.4 Å². The van der Waals surface area contributed by atoms with E-state index >= 15 is 0 Å². The number of nitrogens with zero attached hydrogens (tertiary/aromatic N) is 1. The van der Waals surface area contributed by atoms with Crippen molar-refractivity contribution >= 4 is 5.97 Å². The van der Waals surface area contributed by atoms with Crippen LogP contribution in [0.15, 0.2) is 24.3 Å². The van der Waals surface area contributed by atoms with E-state index in [1.165, 1.54) is 6.07 Å². The van der Waals surface area contributed by atoms with Gasteiger partial charge in [-0.2, -0.15) is 13.2 Å². The molecule has 0 spiro atoms. The Morgan fingerprint density at radius 3 is 2.67 bits per heavy atom. The highest BCUT2D eigenvalue weighted by atomic mass is 19.4. The summed E-state index contributed by atoms with van der Waals surface area (Å²) in [5.74, 6) is -0.922. The van der Waals surface area contributed by atoms with E-state index in [-0.39, 0.29) is 12.0 Å². The molecule has 1 saturated heterocycles. The Balaban J connectivity index is 2.28. The zero-order valence-electron chi connectivity index (χ0n) is 11.9. The maximum atomic E-state index is 12.8. The first-order valence-corrected chi connectivity index (χ1v) is 6.87. The Bertz CT molecular complexity index is 530. The maximum absolute atomic E-state index is 12.8. The molecule has 6 heteroatoms. The average molecular weight is 301 g/mol. The van der Waals surface area contributed by atoms with E-state index in [2.05, 4.69) is 0 Å².